The van der Waals surface area contributed by atoms with Gasteiger partial charge in [0.2, 0.25) is 0 Å². The lowest BCUT2D eigenvalue weighted by molar-refractivity contribution is 0.171. The van der Waals surface area contributed by atoms with Crippen LogP contribution in [0, 0.1) is 13.8 Å². The summed E-state index contributed by atoms with van der Waals surface area (Å²) in [6.07, 6.45) is 8.85. The largest absolute Gasteiger partial charge is 0.386 e. The van der Waals surface area contributed by atoms with Crippen LogP contribution in [0.5, 0.6) is 0 Å². The number of rotatable bonds is 4. The molecular formula is C17H23N3O. The first kappa shape index (κ1) is 14.3. The summed E-state index contributed by atoms with van der Waals surface area (Å²) in [4.78, 5) is 4.37. The third kappa shape index (κ3) is 3.16. The first-order valence-corrected chi connectivity index (χ1v) is 7.79. The van der Waals surface area contributed by atoms with Gasteiger partial charge in [-0.2, -0.15) is 5.10 Å². The quantitative estimate of drug-likeness (QED) is 0.938. The maximum absolute atomic E-state index is 10.4. The van der Waals surface area contributed by atoms with E-state index in [-0.39, 0.29) is 0 Å². The molecule has 1 fully saturated rings. The SMILES string of the molecule is Cc1cnc(C(O)Cc2ccn(C3CCCC3)n2)c(C)c1. The van der Waals surface area contributed by atoms with E-state index < -0.39 is 6.10 Å². The molecule has 2 heterocycles. The summed E-state index contributed by atoms with van der Waals surface area (Å²) in [6.45, 7) is 4.01. The molecule has 0 saturated heterocycles. The van der Waals surface area contributed by atoms with Gasteiger partial charge in [-0.3, -0.25) is 9.67 Å². The van der Waals surface area contributed by atoms with Gasteiger partial charge in [0.15, 0.2) is 0 Å². The summed E-state index contributed by atoms with van der Waals surface area (Å²) >= 11 is 0. The van der Waals surface area contributed by atoms with Gasteiger partial charge in [0, 0.05) is 18.8 Å². The van der Waals surface area contributed by atoms with E-state index in [9.17, 15) is 5.11 Å². The third-order valence-electron chi connectivity index (χ3n) is 4.34. The van der Waals surface area contributed by atoms with Crippen molar-refractivity contribution in [2.75, 3.05) is 0 Å². The second kappa shape index (κ2) is 5.98. The molecule has 0 aromatic carbocycles. The number of aryl methyl sites for hydroxylation is 2. The van der Waals surface area contributed by atoms with Crippen LogP contribution in [-0.4, -0.2) is 19.9 Å². The third-order valence-corrected chi connectivity index (χ3v) is 4.34. The molecule has 0 aliphatic heterocycles. The minimum absolute atomic E-state index is 0.524. The van der Waals surface area contributed by atoms with E-state index in [1.165, 1.54) is 25.7 Å². The highest BCUT2D eigenvalue weighted by molar-refractivity contribution is 5.25. The Labute approximate surface area is 125 Å². The Bertz CT molecular complexity index is 614. The van der Waals surface area contributed by atoms with Crippen LogP contribution >= 0.6 is 0 Å². The van der Waals surface area contributed by atoms with Crippen molar-refractivity contribution in [3.8, 4) is 0 Å². The molecule has 1 N–H and O–H groups in total. The summed E-state index contributed by atoms with van der Waals surface area (Å²) in [5, 5.41) is 15.0. The van der Waals surface area contributed by atoms with Gasteiger partial charge in [0.1, 0.15) is 6.10 Å². The zero-order valence-electron chi connectivity index (χ0n) is 12.8. The Kier molecular flexibility index (Phi) is 4.06. The fraction of sp³-hybridized carbons (Fsp3) is 0.529. The Morgan fingerprint density at radius 2 is 2.10 bits per heavy atom. The summed E-state index contributed by atoms with van der Waals surface area (Å²) in [7, 11) is 0. The molecule has 1 unspecified atom stereocenters. The number of aliphatic hydroxyl groups excluding tert-OH is 1. The molecule has 1 saturated carbocycles. The molecule has 1 atom stereocenters. The number of pyridine rings is 1. The second-order valence-electron chi connectivity index (χ2n) is 6.16. The zero-order chi connectivity index (χ0) is 14.8. The molecule has 112 valence electrons. The first-order valence-electron chi connectivity index (χ1n) is 7.79. The lowest BCUT2D eigenvalue weighted by Gasteiger charge is -2.12. The minimum atomic E-state index is -0.586. The molecule has 1 aliphatic rings. The van der Waals surface area contributed by atoms with Crippen LogP contribution in [-0.2, 0) is 6.42 Å². The summed E-state index contributed by atoms with van der Waals surface area (Å²) in [6, 6.07) is 4.63. The van der Waals surface area contributed by atoms with Crippen molar-refractivity contribution in [3.05, 3.63) is 47.0 Å². The maximum Gasteiger partial charge on any atom is 0.102 e. The van der Waals surface area contributed by atoms with Gasteiger partial charge < -0.3 is 5.11 Å². The highest BCUT2D eigenvalue weighted by atomic mass is 16.3. The van der Waals surface area contributed by atoms with Crippen LogP contribution in [0.1, 0.15) is 60.3 Å². The van der Waals surface area contributed by atoms with Crippen LogP contribution in [0.15, 0.2) is 24.5 Å². The van der Waals surface area contributed by atoms with E-state index in [1.807, 2.05) is 32.3 Å². The van der Waals surface area contributed by atoms with E-state index in [0.29, 0.717) is 12.5 Å². The maximum atomic E-state index is 10.4. The van der Waals surface area contributed by atoms with E-state index in [0.717, 1.165) is 22.5 Å². The Hall–Kier alpha value is -1.68. The molecule has 21 heavy (non-hydrogen) atoms. The second-order valence-corrected chi connectivity index (χ2v) is 6.16. The van der Waals surface area contributed by atoms with Crippen LogP contribution < -0.4 is 0 Å². The Morgan fingerprint density at radius 3 is 2.81 bits per heavy atom. The molecule has 0 radical (unpaired) electrons. The number of hydrogen-bond donors (Lipinski definition) is 1. The van der Waals surface area contributed by atoms with Crippen LogP contribution in [0.25, 0.3) is 0 Å². The number of nitrogens with zero attached hydrogens (tertiary/aromatic N) is 3. The summed E-state index contributed by atoms with van der Waals surface area (Å²) < 4.78 is 2.07. The van der Waals surface area contributed by atoms with Gasteiger partial charge in [-0.15, -0.1) is 0 Å². The lowest BCUT2D eigenvalue weighted by atomic mass is 10.0. The molecule has 2 aromatic heterocycles. The van der Waals surface area contributed by atoms with Crippen molar-refractivity contribution in [2.45, 2.75) is 58.1 Å². The van der Waals surface area contributed by atoms with Crippen molar-refractivity contribution < 1.29 is 5.11 Å². The van der Waals surface area contributed by atoms with Crippen LogP contribution in [0.4, 0.5) is 0 Å². The molecule has 0 bridgehead atoms. The molecule has 0 amide bonds. The van der Waals surface area contributed by atoms with Gasteiger partial charge in [-0.05, 0) is 43.9 Å². The van der Waals surface area contributed by atoms with Crippen LogP contribution in [0.2, 0.25) is 0 Å². The molecule has 4 nitrogen and oxygen atoms in total. The van der Waals surface area contributed by atoms with E-state index in [4.69, 9.17) is 0 Å². The first-order chi connectivity index (χ1) is 10.1. The van der Waals surface area contributed by atoms with Crippen molar-refractivity contribution in [1.82, 2.24) is 14.8 Å². The van der Waals surface area contributed by atoms with Crippen LogP contribution in [0.3, 0.4) is 0 Å². The predicted molar refractivity (Wildman–Crippen MR) is 82.1 cm³/mol. The Morgan fingerprint density at radius 1 is 1.33 bits per heavy atom. The molecule has 4 heteroatoms. The smallest absolute Gasteiger partial charge is 0.102 e. The fourth-order valence-electron chi connectivity index (χ4n) is 3.23. The molecule has 1 aliphatic carbocycles. The highest BCUT2D eigenvalue weighted by Crippen LogP contribution is 2.29. The van der Waals surface area contributed by atoms with Crippen molar-refractivity contribution in [3.63, 3.8) is 0 Å². The zero-order valence-corrected chi connectivity index (χ0v) is 12.8. The van der Waals surface area contributed by atoms with Gasteiger partial charge in [-0.25, -0.2) is 0 Å². The number of aromatic nitrogens is 3. The monoisotopic (exact) mass is 285 g/mol. The van der Waals surface area contributed by atoms with Crippen molar-refractivity contribution in [1.29, 1.82) is 0 Å². The average molecular weight is 285 g/mol. The molecule has 2 aromatic rings. The molecule has 3 rings (SSSR count). The normalized spacial score (nSPS) is 17.3. The summed E-state index contributed by atoms with van der Waals surface area (Å²) in [5.74, 6) is 0. The number of aliphatic hydroxyl groups is 1. The highest BCUT2D eigenvalue weighted by Gasteiger charge is 2.19. The van der Waals surface area contributed by atoms with Gasteiger partial charge in [0.25, 0.3) is 0 Å². The van der Waals surface area contributed by atoms with Crippen molar-refractivity contribution >= 4 is 0 Å². The summed E-state index contributed by atoms with van der Waals surface area (Å²) in [5.41, 5.74) is 3.86. The lowest BCUT2D eigenvalue weighted by Crippen LogP contribution is -2.09. The van der Waals surface area contributed by atoms with Gasteiger partial charge in [-0.1, -0.05) is 18.9 Å². The van der Waals surface area contributed by atoms with E-state index in [1.54, 1.807) is 0 Å². The standard InChI is InChI=1S/C17H23N3O/c1-12-9-13(2)17(18-11-12)16(21)10-14-7-8-20(19-14)15-5-3-4-6-15/h7-9,11,15-16,21H,3-6,10H2,1-2H3. The minimum Gasteiger partial charge on any atom is -0.386 e. The fourth-order valence-corrected chi connectivity index (χ4v) is 3.23. The molecular weight excluding hydrogens is 262 g/mol. The van der Waals surface area contributed by atoms with E-state index >= 15 is 0 Å². The van der Waals surface area contributed by atoms with Crippen molar-refractivity contribution in [2.24, 2.45) is 0 Å². The van der Waals surface area contributed by atoms with E-state index in [2.05, 4.69) is 20.8 Å². The van der Waals surface area contributed by atoms with Gasteiger partial charge >= 0.3 is 0 Å². The van der Waals surface area contributed by atoms with Gasteiger partial charge in [0.05, 0.1) is 17.4 Å². The topological polar surface area (TPSA) is 50.9 Å². The molecule has 0 spiro atoms. The predicted octanol–water partition coefficient (Wildman–Crippen LogP) is 3.29. The average Bonchev–Trinajstić information content (AvgIpc) is 3.08. The Balaban J connectivity index is 1.70. The number of hydrogen-bond acceptors (Lipinski definition) is 3.